The Morgan fingerprint density at radius 3 is 1.49 bits per heavy atom. The van der Waals surface area contributed by atoms with E-state index in [0.717, 1.165) is 0 Å². The van der Waals surface area contributed by atoms with Gasteiger partial charge >= 0.3 is 5.97 Å². The number of ketones is 1. The molecular weight excluding hydrogens is 510 g/mol. The molecule has 6 nitrogen and oxygen atoms in total. The number of rotatable bonds is 10. The third-order valence-electron chi connectivity index (χ3n) is 8.62. The maximum absolute atomic E-state index is 14.0. The third-order valence-corrected chi connectivity index (χ3v) is 25.8. The molecule has 0 rings (SSSR count). The molecule has 0 aliphatic rings. The third kappa shape index (κ3) is 8.74. The van der Waals surface area contributed by atoms with Gasteiger partial charge in [0.25, 0.3) is 8.32 Å². The van der Waals surface area contributed by atoms with Crippen LogP contribution < -0.4 is 4.98 Å². The van der Waals surface area contributed by atoms with Gasteiger partial charge in [0.15, 0.2) is 18.7 Å². The number of Topliss-reactive ketones (excluding diaryl/α,β-unsaturated/α-hetero) is 1. The van der Waals surface area contributed by atoms with Crippen molar-refractivity contribution in [1.82, 2.24) is 4.98 Å². The summed E-state index contributed by atoms with van der Waals surface area (Å²) < 4.78 is 26.3. The average molecular weight is 566 g/mol. The minimum absolute atomic E-state index is 0.0880. The number of nitrogens with one attached hydrogen (secondary N) is 1. The summed E-state index contributed by atoms with van der Waals surface area (Å²) in [6.07, 6.45) is 0.220. The molecule has 0 fully saturated rings. The zero-order valence-electron chi connectivity index (χ0n) is 25.9. The van der Waals surface area contributed by atoms with Gasteiger partial charge in [-0.1, -0.05) is 75.4 Å². The lowest BCUT2D eigenvalue weighted by Crippen LogP contribution is -2.70. The van der Waals surface area contributed by atoms with Gasteiger partial charge in [-0.05, 0) is 54.6 Å². The molecule has 0 aromatic carbocycles. The lowest BCUT2D eigenvalue weighted by atomic mass is 9.93. The van der Waals surface area contributed by atoms with E-state index in [2.05, 4.69) is 93.5 Å². The number of hydrogen-bond acceptors (Lipinski definition) is 6. The summed E-state index contributed by atoms with van der Waals surface area (Å²) in [7, 11) is -10.2. The van der Waals surface area contributed by atoms with Crippen LogP contribution in [0.2, 0.25) is 54.4 Å². The molecule has 0 bridgehead atoms. The van der Waals surface area contributed by atoms with Gasteiger partial charge in [-0.2, -0.15) is 0 Å². The van der Waals surface area contributed by atoms with Gasteiger partial charge in [-0.25, -0.2) is 0 Å². The van der Waals surface area contributed by atoms with E-state index < -0.39 is 43.7 Å². The van der Waals surface area contributed by atoms with E-state index in [9.17, 15) is 14.2 Å². The summed E-state index contributed by atoms with van der Waals surface area (Å²) in [5.74, 6) is -0.827. The molecule has 0 aromatic rings. The fraction of sp³-hybridized carbons (Fsp3) is 0.920. The fourth-order valence-electron chi connectivity index (χ4n) is 2.85. The van der Waals surface area contributed by atoms with Gasteiger partial charge in [0.2, 0.25) is 8.32 Å². The van der Waals surface area contributed by atoms with E-state index in [4.69, 9.17) is 8.64 Å². The van der Waals surface area contributed by atoms with Crippen molar-refractivity contribution in [2.75, 3.05) is 12.8 Å². The van der Waals surface area contributed by atoms with E-state index in [1.807, 2.05) is 13.1 Å². The van der Waals surface area contributed by atoms with Crippen molar-refractivity contribution in [3.8, 4) is 0 Å². The molecule has 208 valence electrons. The number of carbonyl (C=O) groups is 2. The van der Waals surface area contributed by atoms with Crippen LogP contribution in [-0.2, 0) is 22.8 Å². The highest BCUT2D eigenvalue weighted by Crippen LogP contribution is 2.53. The van der Waals surface area contributed by atoms with Gasteiger partial charge < -0.3 is 13.6 Å². The van der Waals surface area contributed by atoms with Crippen LogP contribution in [0.5, 0.6) is 0 Å². The minimum Gasteiger partial charge on any atom is -0.517 e. The molecule has 0 amide bonds. The Labute approximate surface area is 219 Å². The predicted octanol–water partition coefficient (Wildman–Crippen LogP) is 7.78. The molecule has 0 aromatic heterocycles. The second-order valence-electron chi connectivity index (χ2n) is 15.0. The SMILES string of the molecule is CC(=O)C(CCP(C)(=O)O[Si](C)(C)C(C)(C)C)(N[Si](C)(C)C(C)(C)C)C(=O)O[Si](C)(C)C(C)(C)C. The van der Waals surface area contributed by atoms with Crippen molar-refractivity contribution in [3.05, 3.63) is 0 Å². The van der Waals surface area contributed by atoms with Gasteiger partial charge in [-0.3, -0.25) is 14.2 Å². The van der Waals surface area contributed by atoms with Gasteiger partial charge in [-0.15, -0.1) is 0 Å². The van der Waals surface area contributed by atoms with Crippen molar-refractivity contribution < 1.29 is 22.8 Å². The molecule has 1 N–H and O–H groups in total. The molecule has 0 aliphatic carbocycles. The van der Waals surface area contributed by atoms with E-state index in [-0.39, 0.29) is 33.5 Å². The molecule has 0 radical (unpaired) electrons. The van der Waals surface area contributed by atoms with Crippen LogP contribution in [0.4, 0.5) is 0 Å². The van der Waals surface area contributed by atoms with E-state index in [0.29, 0.717) is 0 Å². The van der Waals surface area contributed by atoms with E-state index in [1.165, 1.54) is 6.92 Å². The Morgan fingerprint density at radius 1 is 0.771 bits per heavy atom. The van der Waals surface area contributed by atoms with Crippen LogP contribution >= 0.6 is 7.37 Å². The molecular formula is C25H56NO5PSi3. The highest BCUT2D eigenvalue weighted by atomic mass is 31.2. The Bertz CT molecular complexity index is 836. The molecule has 0 spiro atoms. The quantitative estimate of drug-likeness (QED) is 0.165. The van der Waals surface area contributed by atoms with Crippen molar-refractivity contribution in [2.45, 2.75) is 136 Å². The first-order valence-corrected chi connectivity index (χ1v) is 23.8. The van der Waals surface area contributed by atoms with E-state index in [1.54, 1.807) is 6.66 Å². The highest BCUT2D eigenvalue weighted by molar-refractivity contribution is 7.59. The summed E-state index contributed by atoms with van der Waals surface area (Å²) in [6, 6.07) is 0. The fourth-order valence-corrected chi connectivity index (χ4v) is 11.7. The smallest absolute Gasteiger partial charge is 0.320 e. The zero-order valence-corrected chi connectivity index (χ0v) is 29.8. The van der Waals surface area contributed by atoms with Crippen LogP contribution in [0.1, 0.15) is 75.7 Å². The van der Waals surface area contributed by atoms with Crippen LogP contribution in [0, 0.1) is 0 Å². The maximum atomic E-state index is 14.0. The maximum Gasteiger partial charge on any atom is 0.320 e. The van der Waals surface area contributed by atoms with Gasteiger partial charge in [0.05, 0.1) is 0 Å². The summed E-state index contributed by atoms with van der Waals surface area (Å²) in [6.45, 7) is 34.4. The summed E-state index contributed by atoms with van der Waals surface area (Å²) >= 11 is 0. The predicted molar refractivity (Wildman–Crippen MR) is 158 cm³/mol. The molecule has 0 aliphatic heterocycles. The first kappa shape index (κ1) is 34.9. The van der Waals surface area contributed by atoms with Crippen LogP contribution in [0.3, 0.4) is 0 Å². The van der Waals surface area contributed by atoms with Crippen molar-refractivity contribution in [2.24, 2.45) is 0 Å². The normalized spacial score (nSPS) is 18.0. The Hall–Kier alpha value is -0.0594. The first-order valence-electron chi connectivity index (χ1n) is 12.8. The molecule has 2 unspecified atom stereocenters. The highest BCUT2D eigenvalue weighted by Gasteiger charge is 2.54. The van der Waals surface area contributed by atoms with Crippen LogP contribution in [-0.4, -0.2) is 55.0 Å². The topological polar surface area (TPSA) is 81.7 Å². The largest absolute Gasteiger partial charge is 0.517 e. The Kier molecular flexibility index (Phi) is 10.6. The van der Waals surface area contributed by atoms with Crippen LogP contribution in [0.25, 0.3) is 0 Å². The number of carbonyl (C=O) groups excluding carboxylic acids is 2. The Morgan fingerprint density at radius 2 is 1.17 bits per heavy atom. The average Bonchev–Trinajstić information content (AvgIpc) is 2.53. The molecule has 0 saturated heterocycles. The lowest BCUT2D eigenvalue weighted by molar-refractivity contribution is -0.147. The van der Waals surface area contributed by atoms with Gasteiger partial charge in [0, 0.05) is 12.8 Å². The second kappa shape index (κ2) is 10.6. The lowest BCUT2D eigenvalue weighted by Gasteiger charge is -2.46. The molecule has 0 saturated carbocycles. The standard InChI is InChI=1S/C25H56NO5PSi3/c1-20(27)25(26-33(12,13)22(2,3)4,21(28)30-34(14,15)23(5,6)7)18-19-32(11,29)31-35(16,17)24(8,9)10/h26H,18-19H2,1-17H3. The minimum atomic E-state index is -3.09. The van der Waals surface area contributed by atoms with Crippen LogP contribution in [0.15, 0.2) is 0 Å². The Balaban J connectivity index is 6.52. The molecule has 2 atom stereocenters. The second-order valence-corrected chi connectivity index (χ2v) is 32.4. The summed E-state index contributed by atoms with van der Waals surface area (Å²) in [4.78, 5) is 30.9. The van der Waals surface area contributed by atoms with Crippen molar-refractivity contribution >= 4 is 44.0 Å². The van der Waals surface area contributed by atoms with Crippen molar-refractivity contribution in [1.29, 1.82) is 0 Å². The summed E-state index contributed by atoms with van der Waals surface area (Å²) in [5, 5.41) is -0.427. The number of hydrogen-bond donors (Lipinski definition) is 1. The summed E-state index contributed by atoms with van der Waals surface area (Å²) in [5.41, 5.74) is -1.55. The van der Waals surface area contributed by atoms with Crippen molar-refractivity contribution in [3.63, 3.8) is 0 Å². The van der Waals surface area contributed by atoms with Gasteiger partial charge in [0.1, 0.15) is 8.24 Å². The molecule has 0 heterocycles. The zero-order chi connectivity index (χ0) is 28.7. The monoisotopic (exact) mass is 565 g/mol. The van der Waals surface area contributed by atoms with E-state index >= 15 is 0 Å². The molecule has 10 heteroatoms. The first-order chi connectivity index (χ1) is 14.9. The molecule has 35 heavy (non-hydrogen) atoms.